The van der Waals surface area contributed by atoms with Crippen LogP contribution in [0, 0.1) is 5.41 Å². The Kier molecular flexibility index (Phi) is 3.86. The molecule has 2 atom stereocenters. The van der Waals surface area contributed by atoms with Gasteiger partial charge in [0.2, 0.25) is 11.8 Å². The number of nitrogens with one attached hydrogen (secondary N) is 1. The van der Waals surface area contributed by atoms with Crippen LogP contribution in [0.3, 0.4) is 0 Å². The number of pyridine rings is 1. The van der Waals surface area contributed by atoms with Crippen LogP contribution >= 0.6 is 15.9 Å². The van der Waals surface area contributed by atoms with Crippen molar-refractivity contribution in [3.63, 3.8) is 0 Å². The van der Waals surface area contributed by atoms with Crippen LogP contribution in [-0.2, 0) is 9.59 Å². The first-order valence-corrected chi connectivity index (χ1v) is 7.78. The molecule has 9 heteroatoms. The van der Waals surface area contributed by atoms with Gasteiger partial charge < -0.3 is 10.2 Å². The van der Waals surface area contributed by atoms with Crippen LogP contribution < -0.4 is 5.32 Å². The van der Waals surface area contributed by atoms with Gasteiger partial charge in [0.05, 0.1) is 11.1 Å². The fourth-order valence-corrected chi connectivity index (χ4v) is 3.41. The molecule has 3 heterocycles. The first kappa shape index (κ1) is 16.2. The zero-order valence-corrected chi connectivity index (χ0v) is 13.4. The predicted octanol–water partition coefficient (Wildman–Crippen LogP) is 2.19. The largest absolute Gasteiger partial charge is 0.414 e. The third-order valence-electron chi connectivity index (χ3n) is 4.32. The Morgan fingerprint density at radius 2 is 2.09 bits per heavy atom. The number of halogens is 4. The quantitative estimate of drug-likeness (QED) is 0.840. The van der Waals surface area contributed by atoms with Crippen LogP contribution in [0.25, 0.3) is 0 Å². The summed E-state index contributed by atoms with van der Waals surface area (Å²) in [5.74, 6) is -0.937. The molecule has 0 bridgehead atoms. The van der Waals surface area contributed by atoms with E-state index in [1.807, 2.05) is 0 Å². The SMILES string of the molecule is O=C1CC2(CCN(C(c3ccc(Br)cn3)C(F)(F)F)C2=O)CN1. The highest BCUT2D eigenvalue weighted by Gasteiger charge is 2.57. The molecule has 2 fully saturated rings. The van der Waals surface area contributed by atoms with Crippen LogP contribution in [0.2, 0.25) is 0 Å². The summed E-state index contributed by atoms with van der Waals surface area (Å²) in [6.07, 6.45) is -3.20. The summed E-state index contributed by atoms with van der Waals surface area (Å²) in [7, 11) is 0. The Morgan fingerprint density at radius 1 is 1.35 bits per heavy atom. The number of hydrogen-bond donors (Lipinski definition) is 1. The van der Waals surface area contributed by atoms with Gasteiger partial charge in [-0.25, -0.2) is 0 Å². The second-order valence-electron chi connectivity index (χ2n) is 5.83. The molecule has 0 aliphatic carbocycles. The molecule has 1 spiro atoms. The monoisotopic (exact) mass is 391 g/mol. The Morgan fingerprint density at radius 3 is 2.61 bits per heavy atom. The molecule has 0 saturated carbocycles. The molecular formula is C14H13BrF3N3O2. The van der Waals surface area contributed by atoms with Gasteiger partial charge in [0, 0.05) is 30.2 Å². The summed E-state index contributed by atoms with van der Waals surface area (Å²) >= 11 is 3.13. The molecule has 0 aromatic carbocycles. The van der Waals surface area contributed by atoms with E-state index in [1.54, 1.807) is 0 Å². The summed E-state index contributed by atoms with van der Waals surface area (Å²) in [5, 5.41) is 2.54. The van der Waals surface area contributed by atoms with Crippen LogP contribution in [0.4, 0.5) is 13.2 Å². The summed E-state index contributed by atoms with van der Waals surface area (Å²) < 4.78 is 41.2. The lowest BCUT2D eigenvalue weighted by Gasteiger charge is -2.30. The maximum Gasteiger partial charge on any atom is 0.414 e. The molecule has 2 unspecified atom stereocenters. The molecule has 2 saturated heterocycles. The molecule has 0 radical (unpaired) electrons. The van der Waals surface area contributed by atoms with Crippen molar-refractivity contribution in [2.45, 2.75) is 25.1 Å². The van der Waals surface area contributed by atoms with Crippen molar-refractivity contribution in [2.75, 3.05) is 13.1 Å². The third-order valence-corrected chi connectivity index (χ3v) is 4.79. The Labute approximate surface area is 138 Å². The number of nitrogens with zero attached hydrogens (tertiary/aromatic N) is 2. The Bertz CT molecular complexity index is 650. The minimum absolute atomic E-state index is 0.0459. The van der Waals surface area contributed by atoms with E-state index in [4.69, 9.17) is 0 Å². The smallest absolute Gasteiger partial charge is 0.355 e. The molecule has 1 aromatic rings. The maximum absolute atomic E-state index is 13.6. The molecule has 124 valence electrons. The van der Waals surface area contributed by atoms with Crippen LogP contribution in [-0.4, -0.2) is 41.0 Å². The summed E-state index contributed by atoms with van der Waals surface area (Å²) in [4.78, 5) is 28.6. The summed E-state index contributed by atoms with van der Waals surface area (Å²) in [6, 6.07) is 0.606. The van der Waals surface area contributed by atoms with Crippen molar-refractivity contribution in [1.82, 2.24) is 15.2 Å². The number of likely N-dealkylation sites (tertiary alicyclic amines) is 1. The van der Waals surface area contributed by atoms with Gasteiger partial charge in [0.25, 0.3) is 0 Å². The lowest BCUT2D eigenvalue weighted by molar-refractivity contribution is -0.191. The van der Waals surface area contributed by atoms with Gasteiger partial charge in [-0.2, -0.15) is 13.2 Å². The van der Waals surface area contributed by atoms with Gasteiger partial charge in [-0.15, -0.1) is 0 Å². The van der Waals surface area contributed by atoms with Crippen LogP contribution in [0.15, 0.2) is 22.8 Å². The normalized spacial score (nSPS) is 26.0. The first-order valence-electron chi connectivity index (χ1n) is 6.99. The molecular weight excluding hydrogens is 379 g/mol. The van der Waals surface area contributed by atoms with E-state index < -0.39 is 23.5 Å². The van der Waals surface area contributed by atoms with E-state index in [-0.39, 0.29) is 37.5 Å². The molecule has 2 aliphatic heterocycles. The lowest BCUT2D eigenvalue weighted by Crippen LogP contribution is -2.43. The maximum atomic E-state index is 13.6. The molecule has 23 heavy (non-hydrogen) atoms. The number of rotatable bonds is 2. The number of hydrogen-bond acceptors (Lipinski definition) is 3. The van der Waals surface area contributed by atoms with Crippen molar-refractivity contribution in [3.8, 4) is 0 Å². The Balaban J connectivity index is 1.94. The van der Waals surface area contributed by atoms with Crippen LogP contribution in [0.5, 0.6) is 0 Å². The van der Waals surface area contributed by atoms with Gasteiger partial charge in [0.1, 0.15) is 0 Å². The van der Waals surface area contributed by atoms with Crippen LogP contribution in [0.1, 0.15) is 24.6 Å². The fourth-order valence-electron chi connectivity index (χ4n) is 3.18. The topological polar surface area (TPSA) is 62.3 Å². The van der Waals surface area contributed by atoms with Crippen molar-refractivity contribution in [1.29, 1.82) is 0 Å². The fraction of sp³-hybridized carbons (Fsp3) is 0.500. The van der Waals surface area contributed by atoms with Gasteiger partial charge >= 0.3 is 6.18 Å². The summed E-state index contributed by atoms with van der Waals surface area (Å²) in [5.41, 5.74) is -1.28. The molecule has 2 amide bonds. The van der Waals surface area contributed by atoms with E-state index in [2.05, 4.69) is 26.2 Å². The van der Waals surface area contributed by atoms with Crippen molar-refractivity contribution >= 4 is 27.7 Å². The van der Waals surface area contributed by atoms with Gasteiger partial charge in [-0.3, -0.25) is 14.6 Å². The van der Waals surface area contributed by atoms with Gasteiger partial charge in [-0.1, -0.05) is 0 Å². The number of carbonyl (C=O) groups is 2. The highest BCUT2D eigenvalue weighted by atomic mass is 79.9. The first-order chi connectivity index (χ1) is 10.7. The minimum atomic E-state index is -4.64. The minimum Gasteiger partial charge on any atom is -0.355 e. The van der Waals surface area contributed by atoms with E-state index >= 15 is 0 Å². The molecule has 5 nitrogen and oxygen atoms in total. The highest BCUT2D eigenvalue weighted by Crippen LogP contribution is 2.45. The number of carbonyl (C=O) groups excluding carboxylic acids is 2. The Hall–Kier alpha value is -1.64. The van der Waals surface area contributed by atoms with E-state index in [0.29, 0.717) is 4.47 Å². The molecule has 1 N–H and O–H groups in total. The van der Waals surface area contributed by atoms with E-state index in [0.717, 1.165) is 4.90 Å². The standard InChI is InChI=1S/C14H13BrF3N3O2/c15-8-1-2-9(19-6-8)11(14(16,17)18)21-4-3-13(12(21)23)5-10(22)20-7-13/h1-2,6,11H,3-5,7H2,(H,20,22). The summed E-state index contributed by atoms with van der Waals surface area (Å²) in [6.45, 7) is 0.0508. The number of amides is 2. The van der Waals surface area contributed by atoms with Crippen molar-refractivity contribution < 1.29 is 22.8 Å². The van der Waals surface area contributed by atoms with Gasteiger partial charge in [0.15, 0.2) is 6.04 Å². The molecule has 2 aliphatic rings. The van der Waals surface area contributed by atoms with Crippen molar-refractivity contribution in [2.24, 2.45) is 5.41 Å². The second-order valence-corrected chi connectivity index (χ2v) is 6.74. The second kappa shape index (κ2) is 5.47. The number of alkyl halides is 3. The van der Waals surface area contributed by atoms with E-state index in [1.165, 1.54) is 18.3 Å². The zero-order valence-electron chi connectivity index (χ0n) is 11.9. The third kappa shape index (κ3) is 2.82. The number of aromatic nitrogens is 1. The molecule has 3 rings (SSSR count). The predicted molar refractivity (Wildman–Crippen MR) is 77.1 cm³/mol. The average Bonchev–Trinajstić information content (AvgIpc) is 2.98. The average molecular weight is 392 g/mol. The van der Waals surface area contributed by atoms with Crippen molar-refractivity contribution in [3.05, 3.63) is 28.5 Å². The zero-order chi connectivity index (χ0) is 16.8. The highest BCUT2D eigenvalue weighted by molar-refractivity contribution is 9.10. The molecule has 1 aromatic heterocycles. The van der Waals surface area contributed by atoms with E-state index in [9.17, 15) is 22.8 Å². The lowest BCUT2D eigenvalue weighted by atomic mass is 9.85. The van der Waals surface area contributed by atoms with Gasteiger partial charge in [-0.05, 0) is 34.5 Å².